The fraction of sp³-hybridized carbons (Fsp3) is 0.364. The molecular weight excluding hydrogens is 414 g/mol. The topological polar surface area (TPSA) is 49.4 Å². The highest BCUT2D eigenvalue weighted by Crippen LogP contribution is 2.27. The second-order valence-corrected chi connectivity index (χ2v) is 7.66. The molecule has 0 aromatic heterocycles. The molecule has 0 radical (unpaired) electrons. The van der Waals surface area contributed by atoms with E-state index in [4.69, 9.17) is 23.2 Å². The number of nitrogens with zero attached hydrogens (tertiary/aromatic N) is 1. The van der Waals surface area contributed by atoms with Crippen molar-refractivity contribution in [3.63, 3.8) is 0 Å². The molecule has 2 aromatic carbocycles. The third-order valence-electron chi connectivity index (χ3n) is 4.66. The minimum Gasteiger partial charge on any atom is -0.354 e. The van der Waals surface area contributed by atoms with Gasteiger partial charge in [-0.2, -0.15) is 0 Å². The molecule has 0 aliphatic rings. The molecule has 0 saturated carbocycles. The Balaban J connectivity index is 2.24. The van der Waals surface area contributed by atoms with Crippen molar-refractivity contribution >= 4 is 35.0 Å². The summed E-state index contributed by atoms with van der Waals surface area (Å²) >= 11 is 12.6. The van der Waals surface area contributed by atoms with Crippen LogP contribution in [0, 0.1) is 5.82 Å². The van der Waals surface area contributed by atoms with Crippen molar-refractivity contribution in [3.8, 4) is 0 Å². The Kier molecular flexibility index (Phi) is 8.93. The average molecular weight is 439 g/mol. The monoisotopic (exact) mass is 438 g/mol. The molecule has 2 amide bonds. The lowest BCUT2D eigenvalue weighted by molar-refractivity contribution is -0.140. The van der Waals surface area contributed by atoms with E-state index < -0.39 is 6.04 Å². The van der Waals surface area contributed by atoms with Gasteiger partial charge in [0.1, 0.15) is 11.9 Å². The quantitative estimate of drug-likeness (QED) is 0.559. The molecular formula is C22H25Cl2FN2O2. The van der Waals surface area contributed by atoms with Crippen molar-refractivity contribution in [1.29, 1.82) is 0 Å². The predicted molar refractivity (Wildman–Crippen MR) is 114 cm³/mol. The Morgan fingerprint density at radius 1 is 1.10 bits per heavy atom. The maximum absolute atomic E-state index is 13.2. The maximum Gasteiger partial charge on any atom is 0.242 e. The molecule has 0 heterocycles. The van der Waals surface area contributed by atoms with Crippen LogP contribution in [0.5, 0.6) is 0 Å². The van der Waals surface area contributed by atoms with Gasteiger partial charge in [0, 0.05) is 28.7 Å². The number of amides is 2. The third-order valence-corrected chi connectivity index (χ3v) is 5.36. The molecule has 0 fully saturated rings. The highest BCUT2D eigenvalue weighted by molar-refractivity contribution is 6.36. The Bertz CT molecular complexity index is 823. The van der Waals surface area contributed by atoms with Gasteiger partial charge < -0.3 is 10.2 Å². The summed E-state index contributed by atoms with van der Waals surface area (Å²) in [5.74, 6) is -0.885. The summed E-state index contributed by atoms with van der Waals surface area (Å²) in [7, 11) is 0. The van der Waals surface area contributed by atoms with E-state index in [-0.39, 0.29) is 30.6 Å². The van der Waals surface area contributed by atoms with Gasteiger partial charge in [-0.1, -0.05) is 54.7 Å². The molecule has 1 N–H and O–H groups in total. The van der Waals surface area contributed by atoms with Gasteiger partial charge in [-0.05, 0) is 43.2 Å². The van der Waals surface area contributed by atoms with Crippen LogP contribution < -0.4 is 5.32 Å². The van der Waals surface area contributed by atoms with Gasteiger partial charge in [0.25, 0.3) is 0 Å². The SMILES string of the molecule is CCCCNC(=O)C(C)N(Cc1c(Cl)cccc1Cl)C(=O)Cc1ccc(F)cc1. The fourth-order valence-corrected chi connectivity index (χ4v) is 3.37. The molecule has 0 aliphatic heterocycles. The number of hydrogen-bond donors (Lipinski definition) is 1. The van der Waals surface area contributed by atoms with Gasteiger partial charge in [0.15, 0.2) is 0 Å². The first-order valence-corrected chi connectivity index (χ1v) is 10.3. The fourth-order valence-electron chi connectivity index (χ4n) is 2.85. The van der Waals surface area contributed by atoms with Crippen LogP contribution in [-0.4, -0.2) is 29.3 Å². The van der Waals surface area contributed by atoms with E-state index in [0.717, 1.165) is 12.8 Å². The number of hydrogen-bond acceptors (Lipinski definition) is 2. The summed E-state index contributed by atoms with van der Waals surface area (Å²) in [6.45, 7) is 4.36. The van der Waals surface area contributed by atoms with Crippen LogP contribution in [-0.2, 0) is 22.6 Å². The molecule has 2 rings (SSSR count). The first-order valence-electron chi connectivity index (χ1n) is 9.58. The van der Waals surface area contributed by atoms with Crippen LogP contribution >= 0.6 is 23.2 Å². The molecule has 29 heavy (non-hydrogen) atoms. The predicted octanol–water partition coefficient (Wildman–Crippen LogP) is 5.01. The minimum absolute atomic E-state index is 0.0366. The Morgan fingerprint density at radius 2 is 1.72 bits per heavy atom. The lowest BCUT2D eigenvalue weighted by Crippen LogP contribution is -2.48. The Hall–Kier alpha value is -2.11. The molecule has 7 heteroatoms. The van der Waals surface area contributed by atoms with Gasteiger partial charge >= 0.3 is 0 Å². The van der Waals surface area contributed by atoms with Crippen molar-refractivity contribution in [1.82, 2.24) is 10.2 Å². The van der Waals surface area contributed by atoms with E-state index in [1.165, 1.54) is 17.0 Å². The van der Waals surface area contributed by atoms with Crippen LogP contribution in [0.15, 0.2) is 42.5 Å². The number of benzene rings is 2. The lowest BCUT2D eigenvalue weighted by Gasteiger charge is -2.29. The van der Waals surface area contributed by atoms with Gasteiger partial charge in [-0.25, -0.2) is 4.39 Å². The zero-order valence-electron chi connectivity index (χ0n) is 16.6. The van der Waals surface area contributed by atoms with E-state index in [1.54, 1.807) is 37.3 Å². The van der Waals surface area contributed by atoms with E-state index in [9.17, 15) is 14.0 Å². The molecule has 2 aromatic rings. The van der Waals surface area contributed by atoms with Gasteiger partial charge in [-0.3, -0.25) is 9.59 Å². The van der Waals surface area contributed by atoms with Gasteiger partial charge in [0.2, 0.25) is 11.8 Å². The maximum atomic E-state index is 13.2. The van der Waals surface area contributed by atoms with E-state index >= 15 is 0 Å². The number of rotatable bonds is 9. The second kappa shape index (κ2) is 11.2. The number of unbranched alkanes of at least 4 members (excludes halogenated alkanes) is 1. The van der Waals surface area contributed by atoms with Crippen molar-refractivity contribution in [2.75, 3.05) is 6.54 Å². The number of nitrogens with one attached hydrogen (secondary N) is 1. The number of halogens is 3. The molecule has 4 nitrogen and oxygen atoms in total. The van der Waals surface area contributed by atoms with Gasteiger partial charge in [0.05, 0.1) is 6.42 Å². The van der Waals surface area contributed by atoms with Crippen LogP contribution in [0.25, 0.3) is 0 Å². The van der Waals surface area contributed by atoms with Crippen LogP contribution in [0.4, 0.5) is 4.39 Å². The summed E-state index contributed by atoms with van der Waals surface area (Å²) in [4.78, 5) is 27.1. The minimum atomic E-state index is -0.716. The van der Waals surface area contributed by atoms with Crippen molar-refractivity contribution in [2.45, 2.75) is 45.7 Å². The normalized spacial score (nSPS) is 11.8. The van der Waals surface area contributed by atoms with Crippen LogP contribution in [0.1, 0.15) is 37.8 Å². The molecule has 1 atom stereocenters. The Morgan fingerprint density at radius 3 is 2.31 bits per heavy atom. The van der Waals surface area contributed by atoms with E-state index in [2.05, 4.69) is 5.32 Å². The van der Waals surface area contributed by atoms with Crippen molar-refractivity contribution < 1.29 is 14.0 Å². The highest BCUT2D eigenvalue weighted by Gasteiger charge is 2.27. The third kappa shape index (κ3) is 6.72. The molecule has 156 valence electrons. The number of carbonyl (C=O) groups excluding carboxylic acids is 2. The van der Waals surface area contributed by atoms with Crippen molar-refractivity contribution in [2.24, 2.45) is 0 Å². The van der Waals surface area contributed by atoms with Gasteiger partial charge in [-0.15, -0.1) is 0 Å². The summed E-state index contributed by atoms with van der Waals surface area (Å²) in [5.41, 5.74) is 1.24. The first-order chi connectivity index (χ1) is 13.8. The van der Waals surface area contributed by atoms with Crippen molar-refractivity contribution in [3.05, 3.63) is 69.5 Å². The zero-order chi connectivity index (χ0) is 21.4. The largest absolute Gasteiger partial charge is 0.354 e. The number of carbonyl (C=O) groups is 2. The molecule has 0 aliphatic carbocycles. The Labute approximate surface area is 181 Å². The van der Waals surface area contributed by atoms with Crippen LogP contribution in [0.2, 0.25) is 10.0 Å². The summed E-state index contributed by atoms with van der Waals surface area (Å²) in [6.07, 6.45) is 1.85. The highest BCUT2D eigenvalue weighted by atomic mass is 35.5. The molecule has 1 unspecified atom stereocenters. The molecule has 0 bridgehead atoms. The summed E-state index contributed by atoms with van der Waals surface area (Å²) in [6, 6.07) is 10.1. The second-order valence-electron chi connectivity index (χ2n) is 6.85. The summed E-state index contributed by atoms with van der Waals surface area (Å²) < 4.78 is 13.2. The average Bonchev–Trinajstić information content (AvgIpc) is 2.69. The molecule has 0 spiro atoms. The smallest absolute Gasteiger partial charge is 0.242 e. The van der Waals surface area contributed by atoms with Crippen LogP contribution in [0.3, 0.4) is 0 Å². The summed E-state index contributed by atoms with van der Waals surface area (Å²) in [5, 5.41) is 3.71. The zero-order valence-corrected chi connectivity index (χ0v) is 18.1. The lowest BCUT2D eigenvalue weighted by atomic mass is 10.1. The van der Waals surface area contributed by atoms with E-state index in [0.29, 0.717) is 27.7 Å². The standard InChI is InChI=1S/C22H25Cl2FN2O2/c1-3-4-12-26-22(29)15(2)27(14-18-19(23)6-5-7-20(18)24)21(28)13-16-8-10-17(25)11-9-16/h5-11,15H,3-4,12-14H2,1-2H3,(H,26,29). The first kappa shape index (κ1) is 23.2. The molecule has 0 saturated heterocycles. The van der Waals surface area contributed by atoms with E-state index in [1.807, 2.05) is 6.92 Å².